The molecule has 0 bridgehead atoms. The SMILES string of the molecule is CC[C@H](C)NS(=O)(=O)c1ccc(C(=O)Nc2ccccn2)cc1. The van der Waals surface area contributed by atoms with Crippen LogP contribution in [0.5, 0.6) is 0 Å². The minimum atomic E-state index is -3.57. The highest BCUT2D eigenvalue weighted by Gasteiger charge is 2.17. The van der Waals surface area contributed by atoms with Gasteiger partial charge < -0.3 is 5.32 Å². The predicted octanol–water partition coefficient (Wildman–Crippen LogP) is 2.41. The molecule has 0 aliphatic rings. The molecule has 23 heavy (non-hydrogen) atoms. The Morgan fingerprint density at radius 2 is 1.87 bits per heavy atom. The first kappa shape index (κ1) is 17.1. The summed E-state index contributed by atoms with van der Waals surface area (Å²) in [6.45, 7) is 3.70. The molecule has 122 valence electrons. The first-order valence-corrected chi connectivity index (χ1v) is 8.75. The zero-order valence-corrected chi connectivity index (χ0v) is 13.8. The summed E-state index contributed by atoms with van der Waals surface area (Å²) in [7, 11) is -3.57. The van der Waals surface area contributed by atoms with Gasteiger partial charge in [0.25, 0.3) is 5.91 Å². The summed E-state index contributed by atoms with van der Waals surface area (Å²) in [5.74, 6) is 0.0927. The van der Waals surface area contributed by atoms with Crippen LogP contribution in [0.3, 0.4) is 0 Å². The van der Waals surface area contributed by atoms with Crippen LogP contribution in [0.4, 0.5) is 5.82 Å². The highest BCUT2D eigenvalue weighted by Crippen LogP contribution is 2.13. The van der Waals surface area contributed by atoms with Crippen molar-refractivity contribution in [1.82, 2.24) is 9.71 Å². The molecule has 2 rings (SSSR count). The minimum Gasteiger partial charge on any atom is -0.307 e. The molecule has 0 aliphatic heterocycles. The molecule has 2 aromatic rings. The Bertz CT molecular complexity index is 759. The third-order valence-electron chi connectivity index (χ3n) is 3.30. The number of hydrogen-bond donors (Lipinski definition) is 2. The second-order valence-electron chi connectivity index (χ2n) is 5.12. The average Bonchev–Trinajstić information content (AvgIpc) is 2.55. The average molecular weight is 333 g/mol. The maximum absolute atomic E-state index is 12.2. The first-order valence-electron chi connectivity index (χ1n) is 7.27. The van der Waals surface area contributed by atoms with Crippen LogP contribution >= 0.6 is 0 Å². The summed E-state index contributed by atoms with van der Waals surface area (Å²) in [4.78, 5) is 16.2. The number of anilines is 1. The molecule has 0 saturated heterocycles. The monoisotopic (exact) mass is 333 g/mol. The van der Waals surface area contributed by atoms with Crippen molar-refractivity contribution in [3.05, 3.63) is 54.2 Å². The number of benzene rings is 1. The van der Waals surface area contributed by atoms with E-state index >= 15 is 0 Å². The summed E-state index contributed by atoms with van der Waals surface area (Å²) >= 11 is 0. The van der Waals surface area contributed by atoms with Crippen molar-refractivity contribution in [2.75, 3.05) is 5.32 Å². The zero-order chi connectivity index (χ0) is 16.9. The van der Waals surface area contributed by atoms with Gasteiger partial charge in [-0.05, 0) is 49.7 Å². The topological polar surface area (TPSA) is 88.2 Å². The molecule has 7 heteroatoms. The summed E-state index contributed by atoms with van der Waals surface area (Å²) < 4.78 is 26.9. The maximum atomic E-state index is 12.2. The number of hydrogen-bond acceptors (Lipinski definition) is 4. The number of nitrogens with one attached hydrogen (secondary N) is 2. The van der Waals surface area contributed by atoms with E-state index in [1.807, 2.05) is 6.92 Å². The lowest BCUT2D eigenvalue weighted by molar-refractivity contribution is 0.102. The van der Waals surface area contributed by atoms with Crippen LogP contribution in [0.15, 0.2) is 53.6 Å². The molecular formula is C16H19N3O3S. The maximum Gasteiger partial charge on any atom is 0.256 e. The molecule has 0 aliphatic carbocycles. The van der Waals surface area contributed by atoms with Crippen LogP contribution in [0.25, 0.3) is 0 Å². The van der Waals surface area contributed by atoms with Gasteiger partial charge in [-0.3, -0.25) is 4.79 Å². The van der Waals surface area contributed by atoms with E-state index in [9.17, 15) is 13.2 Å². The van der Waals surface area contributed by atoms with Crippen LogP contribution in [0.1, 0.15) is 30.6 Å². The number of nitrogens with zero attached hydrogens (tertiary/aromatic N) is 1. The fourth-order valence-electron chi connectivity index (χ4n) is 1.83. The standard InChI is InChI=1S/C16H19N3O3S/c1-3-12(2)19-23(21,22)14-9-7-13(8-10-14)16(20)18-15-6-4-5-11-17-15/h4-12,19H,3H2,1-2H3,(H,17,18,20)/t12-/m0/s1. The van der Waals surface area contributed by atoms with Crippen molar-refractivity contribution in [1.29, 1.82) is 0 Å². The Kier molecular flexibility index (Phi) is 5.46. The van der Waals surface area contributed by atoms with E-state index in [0.29, 0.717) is 17.8 Å². The van der Waals surface area contributed by atoms with Gasteiger partial charge in [-0.1, -0.05) is 13.0 Å². The summed E-state index contributed by atoms with van der Waals surface area (Å²) in [5.41, 5.74) is 0.359. The number of sulfonamides is 1. The van der Waals surface area contributed by atoms with Gasteiger partial charge in [-0.2, -0.15) is 0 Å². The Balaban J connectivity index is 2.11. The van der Waals surface area contributed by atoms with E-state index in [1.54, 1.807) is 31.3 Å². The third kappa shape index (κ3) is 4.61. The van der Waals surface area contributed by atoms with Crippen molar-refractivity contribution < 1.29 is 13.2 Å². The van der Waals surface area contributed by atoms with Gasteiger partial charge in [0.05, 0.1) is 4.90 Å². The third-order valence-corrected chi connectivity index (χ3v) is 4.91. The van der Waals surface area contributed by atoms with Crippen LogP contribution < -0.4 is 10.0 Å². The molecule has 1 aromatic carbocycles. The highest BCUT2D eigenvalue weighted by molar-refractivity contribution is 7.89. The second kappa shape index (κ2) is 7.34. The number of rotatable bonds is 6. The van der Waals surface area contributed by atoms with Crippen molar-refractivity contribution in [2.45, 2.75) is 31.2 Å². The van der Waals surface area contributed by atoms with Crippen LogP contribution in [-0.4, -0.2) is 25.4 Å². The number of pyridine rings is 1. The Labute approximate surface area is 136 Å². The molecule has 1 aromatic heterocycles. The Morgan fingerprint density at radius 1 is 1.17 bits per heavy atom. The molecule has 0 unspecified atom stereocenters. The molecule has 1 atom stereocenters. The van der Waals surface area contributed by atoms with Gasteiger partial charge in [0, 0.05) is 17.8 Å². The second-order valence-corrected chi connectivity index (χ2v) is 6.84. The smallest absolute Gasteiger partial charge is 0.256 e. The van der Waals surface area contributed by atoms with E-state index in [4.69, 9.17) is 0 Å². The molecule has 0 fully saturated rings. The molecular weight excluding hydrogens is 314 g/mol. The molecule has 1 heterocycles. The number of carbonyl (C=O) groups excluding carboxylic acids is 1. The highest BCUT2D eigenvalue weighted by atomic mass is 32.2. The van der Waals surface area contributed by atoms with Crippen molar-refractivity contribution in [3.63, 3.8) is 0 Å². The molecule has 0 saturated carbocycles. The van der Waals surface area contributed by atoms with Crippen molar-refractivity contribution >= 4 is 21.7 Å². The molecule has 6 nitrogen and oxygen atoms in total. The van der Waals surface area contributed by atoms with Crippen LogP contribution in [-0.2, 0) is 10.0 Å². The van der Waals surface area contributed by atoms with Crippen LogP contribution in [0.2, 0.25) is 0 Å². The lowest BCUT2D eigenvalue weighted by Gasteiger charge is -2.12. The normalized spacial score (nSPS) is 12.6. The van der Waals surface area contributed by atoms with E-state index in [0.717, 1.165) is 0 Å². The Hall–Kier alpha value is -2.25. The minimum absolute atomic E-state index is 0.132. The van der Waals surface area contributed by atoms with Gasteiger partial charge in [0.1, 0.15) is 5.82 Å². The lowest BCUT2D eigenvalue weighted by atomic mass is 10.2. The van der Waals surface area contributed by atoms with Gasteiger partial charge in [-0.25, -0.2) is 18.1 Å². The van der Waals surface area contributed by atoms with Gasteiger partial charge >= 0.3 is 0 Å². The lowest BCUT2D eigenvalue weighted by Crippen LogP contribution is -2.32. The van der Waals surface area contributed by atoms with Crippen molar-refractivity contribution in [3.8, 4) is 0 Å². The largest absolute Gasteiger partial charge is 0.307 e. The quantitative estimate of drug-likeness (QED) is 0.850. The van der Waals surface area contributed by atoms with Gasteiger partial charge in [0.15, 0.2) is 0 Å². The van der Waals surface area contributed by atoms with E-state index < -0.39 is 10.0 Å². The fraction of sp³-hybridized carbons (Fsp3) is 0.250. The van der Waals surface area contributed by atoms with Gasteiger partial charge in [-0.15, -0.1) is 0 Å². The summed E-state index contributed by atoms with van der Waals surface area (Å²) in [5, 5.41) is 2.64. The molecule has 2 N–H and O–H groups in total. The molecule has 0 radical (unpaired) electrons. The van der Waals surface area contributed by atoms with Crippen LogP contribution in [0, 0.1) is 0 Å². The predicted molar refractivity (Wildman–Crippen MR) is 88.7 cm³/mol. The van der Waals surface area contributed by atoms with Crippen molar-refractivity contribution in [2.24, 2.45) is 0 Å². The number of aromatic nitrogens is 1. The summed E-state index contributed by atoms with van der Waals surface area (Å²) in [6.07, 6.45) is 2.27. The number of carbonyl (C=O) groups is 1. The number of amides is 1. The first-order chi connectivity index (χ1) is 10.9. The fourth-order valence-corrected chi connectivity index (χ4v) is 3.15. The Morgan fingerprint density at radius 3 is 2.43 bits per heavy atom. The molecule has 0 spiro atoms. The van der Waals surface area contributed by atoms with E-state index in [-0.39, 0.29) is 16.8 Å². The van der Waals surface area contributed by atoms with E-state index in [2.05, 4.69) is 15.0 Å². The van der Waals surface area contributed by atoms with Gasteiger partial charge in [0.2, 0.25) is 10.0 Å². The van der Waals surface area contributed by atoms with E-state index in [1.165, 1.54) is 24.3 Å². The summed E-state index contributed by atoms with van der Waals surface area (Å²) in [6, 6.07) is 10.8. The molecule has 1 amide bonds. The zero-order valence-electron chi connectivity index (χ0n) is 13.0.